The van der Waals surface area contributed by atoms with Crippen LogP contribution in [0, 0.1) is 20.8 Å². The smallest absolute Gasteiger partial charge is 0.234 e. The Hall–Kier alpha value is -1.95. The van der Waals surface area contributed by atoms with E-state index in [1.54, 1.807) is 4.52 Å². The summed E-state index contributed by atoms with van der Waals surface area (Å²) >= 11 is 1.50. The van der Waals surface area contributed by atoms with E-state index in [4.69, 9.17) is 5.73 Å². The number of aryl methyl sites for hydroxylation is 3. The number of nitrogens with two attached hydrogens (primary N) is 1. The second kappa shape index (κ2) is 3.78. The van der Waals surface area contributed by atoms with Crippen molar-refractivity contribution in [3.05, 3.63) is 29.1 Å². The molecule has 0 amide bonds. The van der Waals surface area contributed by atoms with Gasteiger partial charge in [-0.3, -0.25) is 0 Å². The van der Waals surface area contributed by atoms with Gasteiger partial charge in [-0.25, -0.2) is 0 Å². The molecular weight excluding hydrogens is 246 g/mol. The minimum atomic E-state index is 0.781. The highest BCUT2D eigenvalue weighted by Crippen LogP contribution is 2.32. The van der Waals surface area contributed by atoms with Crippen molar-refractivity contribution in [2.24, 2.45) is 0 Å². The molecule has 0 unspecified atom stereocenters. The molecular formula is C12H13N5S. The first kappa shape index (κ1) is 11.2. The molecule has 0 atom stereocenters. The van der Waals surface area contributed by atoms with Gasteiger partial charge in [-0.15, -0.1) is 10.2 Å². The third-order valence-electron chi connectivity index (χ3n) is 2.91. The molecule has 2 N–H and O–H groups in total. The van der Waals surface area contributed by atoms with Crippen LogP contribution in [0.3, 0.4) is 0 Å². The Labute approximate surface area is 108 Å². The molecule has 92 valence electrons. The molecule has 0 fully saturated rings. The zero-order valence-corrected chi connectivity index (χ0v) is 11.2. The van der Waals surface area contributed by atoms with Gasteiger partial charge in [-0.2, -0.15) is 9.61 Å². The highest BCUT2D eigenvalue weighted by atomic mass is 32.1. The largest absolute Gasteiger partial charge is 0.398 e. The molecule has 2 aromatic heterocycles. The lowest BCUT2D eigenvalue weighted by molar-refractivity contribution is 0.898. The number of benzene rings is 1. The zero-order chi connectivity index (χ0) is 12.9. The molecule has 3 aromatic rings. The Morgan fingerprint density at radius 2 is 1.94 bits per heavy atom. The van der Waals surface area contributed by atoms with Crippen LogP contribution in [-0.4, -0.2) is 19.8 Å². The lowest BCUT2D eigenvalue weighted by Crippen LogP contribution is -1.96. The summed E-state index contributed by atoms with van der Waals surface area (Å²) in [5, 5.41) is 13.4. The van der Waals surface area contributed by atoms with Crippen LogP contribution >= 0.6 is 11.3 Å². The predicted octanol–water partition coefficient (Wildman–Crippen LogP) is 2.36. The molecule has 0 spiro atoms. The average Bonchev–Trinajstić information content (AvgIpc) is 2.86. The van der Waals surface area contributed by atoms with Gasteiger partial charge in [0.05, 0.1) is 0 Å². The quantitative estimate of drug-likeness (QED) is 0.681. The predicted molar refractivity (Wildman–Crippen MR) is 72.7 cm³/mol. The van der Waals surface area contributed by atoms with E-state index in [0.717, 1.165) is 32.6 Å². The van der Waals surface area contributed by atoms with Crippen molar-refractivity contribution in [1.82, 2.24) is 19.8 Å². The van der Waals surface area contributed by atoms with Crippen molar-refractivity contribution >= 4 is 22.0 Å². The van der Waals surface area contributed by atoms with Gasteiger partial charge < -0.3 is 5.73 Å². The minimum Gasteiger partial charge on any atom is -0.398 e. The van der Waals surface area contributed by atoms with Gasteiger partial charge in [0.1, 0.15) is 5.01 Å². The van der Waals surface area contributed by atoms with E-state index in [9.17, 15) is 0 Å². The van der Waals surface area contributed by atoms with Crippen LogP contribution in [0.25, 0.3) is 15.5 Å². The van der Waals surface area contributed by atoms with E-state index < -0.39 is 0 Å². The van der Waals surface area contributed by atoms with Crippen LogP contribution in [0.15, 0.2) is 12.1 Å². The fourth-order valence-corrected chi connectivity index (χ4v) is 2.89. The van der Waals surface area contributed by atoms with Crippen molar-refractivity contribution in [3.8, 4) is 10.6 Å². The van der Waals surface area contributed by atoms with E-state index in [1.807, 2.05) is 13.8 Å². The number of nitrogens with zero attached hydrogens (tertiary/aromatic N) is 4. The zero-order valence-electron chi connectivity index (χ0n) is 10.4. The van der Waals surface area contributed by atoms with Crippen LogP contribution in [0.4, 0.5) is 5.69 Å². The van der Waals surface area contributed by atoms with E-state index >= 15 is 0 Å². The molecule has 0 aliphatic carbocycles. The van der Waals surface area contributed by atoms with Gasteiger partial charge in [0.15, 0.2) is 5.82 Å². The third kappa shape index (κ3) is 1.57. The number of hydrogen-bond acceptors (Lipinski definition) is 5. The number of nitrogen functional groups attached to an aromatic ring is 1. The Morgan fingerprint density at radius 1 is 1.17 bits per heavy atom. The summed E-state index contributed by atoms with van der Waals surface area (Å²) < 4.78 is 1.75. The summed E-state index contributed by atoms with van der Waals surface area (Å²) in [6, 6.07) is 4.13. The highest BCUT2D eigenvalue weighted by Gasteiger charge is 2.14. The van der Waals surface area contributed by atoms with Gasteiger partial charge in [0.25, 0.3) is 0 Å². The molecule has 0 saturated heterocycles. The van der Waals surface area contributed by atoms with Gasteiger partial charge in [-0.05, 0) is 32.4 Å². The highest BCUT2D eigenvalue weighted by molar-refractivity contribution is 7.19. The maximum absolute atomic E-state index is 6.13. The summed E-state index contributed by atoms with van der Waals surface area (Å²) in [5.41, 5.74) is 10.1. The van der Waals surface area contributed by atoms with E-state index in [1.165, 1.54) is 16.9 Å². The lowest BCUT2D eigenvalue weighted by atomic mass is 10.1. The average molecular weight is 259 g/mol. The summed E-state index contributed by atoms with van der Waals surface area (Å²) in [6.07, 6.45) is 0. The van der Waals surface area contributed by atoms with Crippen molar-refractivity contribution in [2.45, 2.75) is 20.8 Å². The minimum absolute atomic E-state index is 0.781. The maximum atomic E-state index is 6.13. The van der Waals surface area contributed by atoms with E-state index in [0.29, 0.717) is 0 Å². The molecule has 0 aliphatic heterocycles. The molecule has 0 aliphatic rings. The topological polar surface area (TPSA) is 69.1 Å². The summed E-state index contributed by atoms with van der Waals surface area (Å²) in [5.74, 6) is 0.787. The van der Waals surface area contributed by atoms with Gasteiger partial charge in [-0.1, -0.05) is 23.0 Å². The van der Waals surface area contributed by atoms with Crippen LogP contribution in [-0.2, 0) is 0 Å². The summed E-state index contributed by atoms with van der Waals surface area (Å²) in [6.45, 7) is 5.95. The van der Waals surface area contributed by atoms with Crippen molar-refractivity contribution in [3.63, 3.8) is 0 Å². The normalized spacial score (nSPS) is 11.3. The molecule has 0 saturated carbocycles. The first-order valence-corrected chi connectivity index (χ1v) is 6.44. The Kier molecular flexibility index (Phi) is 2.34. The maximum Gasteiger partial charge on any atom is 0.234 e. The second-order valence-electron chi connectivity index (χ2n) is 4.39. The fraction of sp³-hybridized carbons (Fsp3) is 0.250. The van der Waals surface area contributed by atoms with E-state index in [-0.39, 0.29) is 0 Å². The van der Waals surface area contributed by atoms with Crippen LogP contribution in [0.2, 0.25) is 0 Å². The lowest BCUT2D eigenvalue weighted by Gasteiger charge is -2.07. The number of rotatable bonds is 1. The first-order chi connectivity index (χ1) is 8.56. The standard InChI is InChI=1S/C12H13N5S/c1-6-4-7(2)10(13)9(5-6)11-16-17-8(3)14-15-12(17)18-11/h4-5H,13H2,1-3H3. The van der Waals surface area contributed by atoms with Crippen molar-refractivity contribution < 1.29 is 0 Å². The summed E-state index contributed by atoms with van der Waals surface area (Å²) in [4.78, 5) is 0.793. The Balaban J connectivity index is 2.25. The molecule has 3 rings (SSSR count). The van der Waals surface area contributed by atoms with Crippen LogP contribution in [0.1, 0.15) is 17.0 Å². The molecule has 0 radical (unpaired) electrons. The Bertz CT molecular complexity index is 740. The number of hydrogen-bond donors (Lipinski definition) is 1. The van der Waals surface area contributed by atoms with Crippen LogP contribution in [0.5, 0.6) is 0 Å². The Morgan fingerprint density at radius 3 is 2.67 bits per heavy atom. The molecule has 18 heavy (non-hydrogen) atoms. The SMILES string of the molecule is Cc1cc(C)c(N)c(-c2nn3c(C)nnc3s2)c1. The molecule has 5 nitrogen and oxygen atoms in total. The molecule has 6 heteroatoms. The summed E-state index contributed by atoms with van der Waals surface area (Å²) in [7, 11) is 0. The van der Waals surface area contributed by atoms with Crippen LogP contribution < -0.4 is 5.73 Å². The first-order valence-electron chi connectivity index (χ1n) is 5.62. The van der Waals surface area contributed by atoms with Crippen molar-refractivity contribution in [2.75, 3.05) is 5.73 Å². The van der Waals surface area contributed by atoms with Gasteiger partial charge in [0.2, 0.25) is 4.96 Å². The second-order valence-corrected chi connectivity index (χ2v) is 5.35. The monoisotopic (exact) mass is 259 g/mol. The third-order valence-corrected chi connectivity index (χ3v) is 3.84. The van der Waals surface area contributed by atoms with Gasteiger partial charge >= 0.3 is 0 Å². The molecule has 1 aromatic carbocycles. The number of anilines is 1. The fourth-order valence-electron chi connectivity index (χ4n) is 1.98. The van der Waals surface area contributed by atoms with Gasteiger partial charge in [0, 0.05) is 11.3 Å². The molecule has 0 bridgehead atoms. The van der Waals surface area contributed by atoms with E-state index in [2.05, 4.69) is 34.4 Å². The number of aromatic nitrogens is 4. The number of fused-ring (bicyclic) bond motifs is 1. The van der Waals surface area contributed by atoms with Crippen molar-refractivity contribution in [1.29, 1.82) is 0 Å². The molecule has 2 heterocycles.